The van der Waals surface area contributed by atoms with Gasteiger partial charge in [0.2, 0.25) is 12.5 Å². The molecule has 0 fully saturated rings. The van der Waals surface area contributed by atoms with Gasteiger partial charge in [0.25, 0.3) is 0 Å². The first-order valence-electron chi connectivity index (χ1n) is 3.87. The Morgan fingerprint density at radius 3 is 2.12 bits per heavy atom. The van der Waals surface area contributed by atoms with Crippen LogP contribution in [0.3, 0.4) is 0 Å². The van der Waals surface area contributed by atoms with E-state index in [-0.39, 0.29) is 0 Å². The van der Waals surface area contributed by atoms with Gasteiger partial charge in [-0.2, -0.15) is 17.6 Å². The molecule has 0 aliphatic rings. The summed E-state index contributed by atoms with van der Waals surface area (Å²) in [5, 5.41) is 9.99. The molecule has 0 aliphatic heterocycles. The lowest BCUT2D eigenvalue weighted by molar-refractivity contribution is -0.497. The zero-order valence-corrected chi connectivity index (χ0v) is 7.69. The Hall–Kier alpha value is -1.87. The van der Waals surface area contributed by atoms with E-state index in [1.54, 1.807) is 0 Å². The second-order valence-corrected chi connectivity index (χ2v) is 2.85. The van der Waals surface area contributed by atoms with Crippen LogP contribution in [0, 0.1) is 27.7 Å². The van der Waals surface area contributed by atoms with Crippen molar-refractivity contribution in [3.8, 4) is 0 Å². The molecule has 17 heavy (non-hydrogen) atoms. The van der Waals surface area contributed by atoms with Crippen LogP contribution in [0.25, 0.3) is 0 Å². The Kier molecular flexibility index (Phi) is 3.25. The van der Waals surface area contributed by atoms with Crippen LogP contribution < -0.4 is 0 Å². The molecule has 0 atom stereocenters. The van der Waals surface area contributed by atoms with Gasteiger partial charge in [-0.05, 0) is 0 Å². The number of alkyl halides is 3. The molecular formula is C7H2F6N2O2. The second kappa shape index (κ2) is 4.18. The lowest BCUT2D eigenvalue weighted by Gasteiger charge is -2.09. The molecule has 0 aliphatic carbocycles. The highest BCUT2D eigenvalue weighted by Gasteiger charge is 2.40. The molecule has 4 nitrogen and oxygen atoms in total. The molecule has 0 spiro atoms. The van der Waals surface area contributed by atoms with E-state index in [9.17, 15) is 36.5 Å². The first kappa shape index (κ1) is 13.2. The van der Waals surface area contributed by atoms with Crippen molar-refractivity contribution < 1.29 is 31.3 Å². The van der Waals surface area contributed by atoms with Crippen molar-refractivity contribution in [3.05, 3.63) is 39.0 Å². The molecule has 0 radical (unpaired) electrons. The van der Waals surface area contributed by atoms with Gasteiger partial charge in [0.1, 0.15) is 5.56 Å². The summed E-state index contributed by atoms with van der Waals surface area (Å²) in [7, 11) is 0. The molecule has 0 aromatic carbocycles. The fourth-order valence-electron chi connectivity index (χ4n) is 1.02. The van der Waals surface area contributed by atoms with Gasteiger partial charge in [0, 0.05) is 4.92 Å². The summed E-state index contributed by atoms with van der Waals surface area (Å²) in [5.41, 5.74) is -3.94. The van der Waals surface area contributed by atoms with E-state index >= 15 is 0 Å². The van der Waals surface area contributed by atoms with Crippen molar-refractivity contribution >= 4 is 0 Å². The monoisotopic (exact) mass is 260 g/mol. The van der Waals surface area contributed by atoms with Gasteiger partial charge in [-0.3, -0.25) is 10.1 Å². The number of nitrogens with zero attached hydrogens (tertiary/aromatic N) is 2. The number of rotatable bonds is 2. The molecule has 10 heteroatoms. The molecule has 0 saturated carbocycles. The summed E-state index contributed by atoms with van der Waals surface area (Å²) in [5.74, 6) is -6.63. The van der Waals surface area contributed by atoms with Crippen LogP contribution in [-0.4, -0.2) is 9.91 Å². The Labute approximate surface area is 89.0 Å². The topological polar surface area (TPSA) is 56.0 Å². The van der Waals surface area contributed by atoms with Crippen molar-refractivity contribution in [2.24, 2.45) is 0 Å². The quantitative estimate of drug-likeness (QED) is 0.355. The van der Waals surface area contributed by atoms with Crippen LogP contribution in [0.15, 0.2) is 0 Å². The minimum atomic E-state index is -5.37. The number of halogens is 6. The number of nitro groups is 1. The van der Waals surface area contributed by atoms with E-state index in [1.165, 1.54) is 0 Å². The average Bonchev–Trinajstić information content (AvgIpc) is 2.16. The lowest BCUT2D eigenvalue weighted by atomic mass is 10.2. The van der Waals surface area contributed by atoms with E-state index in [0.717, 1.165) is 0 Å². The van der Waals surface area contributed by atoms with Crippen molar-refractivity contribution in [1.29, 1.82) is 0 Å². The molecule has 0 unspecified atom stereocenters. The summed E-state index contributed by atoms with van der Waals surface area (Å²) in [6, 6.07) is 0. The van der Waals surface area contributed by atoms with Gasteiger partial charge >= 0.3 is 6.18 Å². The largest absolute Gasteiger partial charge is 0.436 e. The van der Waals surface area contributed by atoms with Crippen molar-refractivity contribution in [1.82, 2.24) is 4.98 Å². The Bertz CT molecular complexity index is 472. The van der Waals surface area contributed by atoms with Crippen LogP contribution in [-0.2, 0) is 12.7 Å². The third-order valence-corrected chi connectivity index (χ3v) is 1.68. The molecule has 0 bridgehead atoms. The highest BCUT2D eigenvalue weighted by atomic mass is 19.4. The van der Waals surface area contributed by atoms with Gasteiger partial charge in [-0.1, -0.05) is 0 Å². The standard InChI is InChI=1S/C7H2F6N2O2/c8-3-2(1-15(16)17)4(9)6(10)14-5(3)7(11,12)13/h1H2. The maximum absolute atomic E-state index is 13.1. The summed E-state index contributed by atoms with van der Waals surface area (Å²) >= 11 is 0. The predicted octanol–water partition coefficient (Wildman–Crippen LogP) is 2.29. The van der Waals surface area contributed by atoms with Crippen LogP contribution in [0.5, 0.6) is 0 Å². The van der Waals surface area contributed by atoms with Crippen LogP contribution in [0.1, 0.15) is 11.3 Å². The second-order valence-electron chi connectivity index (χ2n) is 2.85. The third-order valence-electron chi connectivity index (χ3n) is 1.68. The predicted molar refractivity (Wildman–Crippen MR) is 39.8 cm³/mol. The first-order valence-corrected chi connectivity index (χ1v) is 3.87. The maximum Gasteiger partial charge on any atom is 0.436 e. The average molecular weight is 260 g/mol. The molecule has 0 saturated heterocycles. The molecule has 1 heterocycles. The number of pyridine rings is 1. The molecule has 0 amide bonds. The highest BCUT2D eigenvalue weighted by Crippen LogP contribution is 2.32. The van der Waals surface area contributed by atoms with E-state index in [2.05, 4.69) is 0 Å². The van der Waals surface area contributed by atoms with Crippen LogP contribution in [0.4, 0.5) is 26.3 Å². The van der Waals surface area contributed by atoms with Crippen LogP contribution in [0.2, 0.25) is 0 Å². The Balaban J connectivity index is 3.48. The van der Waals surface area contributed by atoms with Crippen molar-refractivity contribution in [2.75, 3.05) is 0 Å². The Morgan fingerprint density at radius 2 is 1.71 bits per heavy atom. The molecule has 1 rings (SSSR count). The fraction of sp³-hybridized carbons (Fsp3) is 0.286. The number of aromatic nitrogens is 1. The highest BCUT2D eigenvalue weighted by molar-refractivity contribution is 5.23. The van der Waals surface area contributed by atoms with Gasteiger partial charge in [0.05, 0.1) is 0 Å². The van der Waals surface area contributed by atoms with E-state index in [0.29, 0.717) is 0 Å². The van der Waals surface area contributed by atoms with Crippen molar-refractivity contribution in [3.63, 3.8) is 0 Å². The molecular weight excluding hydrogens is 258 g/mol. The van der Waals surface area contributed by atoms with Gasteiger partial charge < -0.3 is 0 Å². The summed E-state index contributed by atoms with van der Waals surface area (Å²) in [4.78, 5) is 10.8. The number of hydrogen-bond acceptors (Lipinski definition) is 3. The van der Waals surface area contributed by atoms with Gasteiger partial charge in [-0.25, -0.2) is 13.8 Å². The third kappa shape index (κ3) is 2.63. The molecule has 1 aromatic heterocycles. The Morgan fingerprint density at radius 1 is 1.18 bits per heavy atom. The van der Waals surface area contributed by atoms with Gasteiger partial charge in [0.15, 0.2) is 17.3 Å². The lowest BCUT2D eigenvalue weighted by Crippen LogP contribution is -2.18. The smallest absolute Gasteiger partial charge is 0.264 e. The zero-order valence-electron chi connectivity index (χ0n) is 7.69. The van der Waals surface area contributed by atoms with Gasteiger partial charge in [-0.15, -0.1) is 0 Å². The SMILES string of the molecule is O=[N+]([O-])Cc1c(F)c(F)nc(C(F)(F)F)c1F. The zero-order chi connectivity index (χ0) is 13.4. The maximum atomic E-state index is 13.1. The minimum Gasteiger partial charge on any atom is -0.264 e. The minimum absolute atomic E-state index is 1.29. The van der Waals surface area contributed by atoms with E-state index in [1.807, 2.05) is 4.98 Å². The van der Waals surface area contributed by atoms with E-state index < -0.39 is 46.5 Å². The number of hydrogen-bond donors (Lipinski definition) is 0. The normalized spacial score (nSPS) is 11.6. The van der Waals surface area contributed by atoms with E-state index in [4.69, 9.17) is 0 Å². The fourth-order valence-corrected chi connectivity index (χ4v) is 1.02. The molecule has 0 N–H and O–H groups in total. The molecule has 1 aromatic rings. The first-order chi connectivity index (χ1) is 7.64. The summed E-state index contributed by atoms with van der Waals surface area (Å²) in [6.07, 6.45) is -5.37. The molecule has 94 valence electrons. The van der Waals surface area contributed by atoms with Crippen molar-refractivity contribution in [2.45, 2.75) is 12.7 Å². The summed E-state index contributed by atoms with van der Waals surface area (Å²) < 4.78 is 74.9. The van der Waals surface area contributed by atoms with Crippen LogP contribution >= 0.6 is 0 Å². The summed E-state index contributed by atoms with van der Waals surface area (Å²) in [6.45, 7) is -1.61.